The Morgan fingerprint density at radius 2 is 2.25 bits per heavy atom. The second kappa shape index (κ2) is 8.33. The van der Waals surface area contributed by atoms with E-state index in [2.05, 4.69) is 21.8 Å². The normalized spacial score (nSPS) is 11.5. The van der Waals surface area contributed by atoms with Crippen molar-refractivity contribution in [1.82, 2.24) is 19.3 Å². The first-order chi connectivity index (χ1) is 13.5. The first-order valence-electron chi connectivity index (χ1n) is 8.57. The van der Waals surface area contributed by atoms with E-state index in [1.54, 1.807) is 23.8 Å². The van der Waals surface area contributed by atoms with Crippen LogP contribution in [0, 0.1) is 11.8 Å². The molecule has 3 rings (SSSR count). The summed E-state index contributed by atoms with van der Waals surface area (Å²) in [5, 5.41) is 9.96. The topological polar surface area (TPSA) is 114 Å². The summed E-state index contributed by atoms with van der Waals surface area (Å²) in [6.07, 6.45) is 3.58. The van der Waals surface area contributed by atoms with Gasteiger partial charge in [0.25, 0.3) is 5.91 Å². The summed E-state index contributed by atoms with van der Waals surface area (Å²) in [4.78, 5) is 32.1. The molecule has 1 aromatic carbocycles. The smallest absolute Gasteiger partial charge is 0.267 e. The summed E-state index contributed by atoms with van der Waals surface area (Å²) < 4.78 is 1.75. The lowest BCUT2D eigenvalue weighted by Crippen LogP contribution is -2.21. The molecule has 3 N–H and O–H groups in total. The minimum atomic E-state index is -0.845. The van der Waals surface area contributed by atoms with Crippen LogP contribution in [-0.4, -0.2) is 56.4 Å². The third-order valence-electron chi connectivity index (χ3n) is 4.08. The lowest BCUT2D eigenvalue weighted by molar-refractivity contribution is -0.117. The molecule has 0 fully saturated rings. The molecule has 8 nitrogen and oxygen atoms in total. The highest BCUT2D eigenvalue weighted by atomic mass is 16.3. The van der Waals surface area contributed by atoms with Crippen LogP contribution in [0.4, 0.5) is 0 Å². The zero-order valence-electron chi connectivity index (χ0n) is 15.2. The van der Waals surface area contributed by atoms with Gasteiger partial charge in [0.1, 0.15) is 23.3 Å². The number of aliphatic hydroxyl groups is 1. The molecule has 0 spiro atoms. The average molecular weight is 377 g/mol. The quantitative estimate of drug-likeness (QED) is 0.484. The van der Waals surface area contributed by atoms with Crippen molar-refractivity contribution in [3.05, 3.63) is 54.0 Å². The maximum Gasteiger partial charge on any atom is 0.267 e. The molecular weight excluding hydrogens is 358 g/mol. The highest BCUT2D eigenvalue weighted by molar-refractivity contribution is 5.92. The molecule has 0 radical (unpaired) electrons. The van der Waals surface area contributed by atoms with Crippen LogP contribution in [0.15, 0.2) is 42.7 Å². The number of benzene rings is 1. The molecular formula is C20H19N5O3. The minimum absolute atomic E-state index is 0.125. The zero-order chi connectivity index (χ0) is 20.1. The van der Waals surface area contributed by atoms with Crippen LogP contribution >= 0.6 is 0 Å². The number of aliphatic hydroxyl groups excluding tert-OH is 1. The molecule has 0 saturated heterocycles. The van der Waals surface area contributed by atoms with E-state index in [9.17, 15) is 14.7 Å². The number of carbonyl (C=O) groups excluding carboxylic acids is 2. The number of carbonyl (C=O) groups is 2. The molecule has 3 aromatic rings. The van der Waals surface area contributed by atoms with Gasteiger partial charge in [0, 0.05) is 49.6 Å². The minimum Gasteiger partial charge on any atom is -0.380 e. The highest BCUT2D eigenvalue weighted by Crippen LogP contribution is 2.20. The second-order valence-electron chi connectivity index (χ2n) is 6.23. The molecule has 0 unspecified atom stereocenters. The number of nitrogens with zero attached hydrogens (tertiary/aromatic N) is 4. The van der Waals surface area contributed by atoms with Crippen molar-refractivity contribution in [2.45, 2.75) is 12.5 Å². The fourth-order valence-electron chi connectivity index (χ4n) is 2.61. The van der Waals surface area contributed by atoms with Crippen molar-refractivity contribution in [2.24, 2.45) is 5.73 Å². The Balaban J connectivity index is 1.90. The van der Waals surface area contributed by atoms with Crippen molar-refractivity contribution in [2.75, 3.05) is 13.6 Å². The third-order valence-corrected chi connectivity index (χ3v) is 4.08. The monoisotopic (exact) mass is 377 g/mol. The molecule has 28 heavy (non-hydrogen) atoms. The van der Waals surface area contributed by atoms with Gasteiger partial charge in [-0.25, -0.2) is 9.97 Å². The lowest BCUT2D eigenvalue weighted by atomic mass is 10.1. The molecule has 0 aliphatic heterocycles. The van der Waals surface area contributed by atoms with Gasteiger partial charge in [-0.15, -0.1) is 0 Å². The van der Waals surface area contributed by atoms with Gasteiger partial charge < -0.3 is 15.7 Å². The number of aromatic nitrogens is 3. The van der Waals surface area contributed by atoms with Gasteiger partial charge in [-0.1, -0.05) is 24.0 Å². The fourth-order valence-corrected chi connectivity index (χ4v) is 2.61. The first kappa shape index (κ1) is 19.1. The maximum atomic E-state index is 11.6. The Morgan fingerprint density at radius 3 is 3.00 bits per heavy atom. The zero-order valence-corrected chi connectivity index (χ0v) is 15.2. The van der Waals surface area contributed by atoms with Gasteiger partial charge in [-0.3, -0.25) is 14.0 Å². The Hall–Kier alpha value is -3.70. The molecule has 0 aliphatic carbocycles. The van der Waals surface area contributed by atoms with Crippen LogP contribution < -0.4 is 5.73 Å². The van der Waals surface area contributed by atoms with Crippen LogP contribution in [0.25, 0.3) is 17.0 Å². The van der Waals surface area contributed by atoms with Gasteiger partial charge >= 0.3 is 0 Å². The highest BCUT2D eigenvalue weighted by Gasteiger charge is 2.12. The van der Waals surface area contributed by atoms with Crippen LogP contribution in [0.5, 0.6) is 0 Å². The Morgan fingerprint density at radius 1 is 1.43 bits per heavy atom. The van der Waals surface area contributed by atoms with Crippen molar-refractivity contribution in [1.29, 1.82) is 0 Å². The molecule has 0 bridgehead atoms. The largest absolute Gasteiger partial charge is 0.380 e. The van der Waals surface area contributed by atoms with Crippen molar-refractivity contribution in [3.8, 4) is 23.2 Å². The Kier molecular flexibility index (Phi) is 5.67. The summed E-state index contributed by atoms with van der Waals surface area (Å²) in [6, 6.07) is 8.80. The van der Waals surface area contributed by atoms with E-state index in [1.165, 1.54) is 11.0 Å². The third kappa shape index (κ3) is 4.34. The van der Waals surface area contributed by atoms with E-state index < -0.39 is 12.0 Å². The summed E-state index contributed by atoms with van der Waals surface area (Å²) in [7, 11) is 1.64. The number of amides is 2. The van der Waals surface area contributed by atoms with E-state index in [-0.39, 0.29) is 5.69 Å². The van der Waals surface area contributed by atoms with E-state index in [0.717, 1.165) is 5.56 Å². The predicted molar refractivity (Wildman–Crippen MR) is 103 cm³/mol. The van der Waals surface area contributed by atoms with Crippen molar-refractivity contribution < 1.29 is 14.7 Å². The Bertz CT molecular complexity index is 1080. The summed E-state index contributed by atoms with van der Waals surface area (Å²) in [6.45, 7) is 0.418. The van der Waals surface area contributed by atoms with Gasteiger partial charge in [0.15, 0.2) is 0 Å². The van der Waals surface area contributed by atoms with Gasteiger partial charge in [0.2, 0.25) is 6.41 Å². The van der Waals surface area contributed by atoms with E-state index in [4.69, 9.17) is 5.73 Å². The summed E-state index contributed by atoms with van der Waals surface area (Å²) in [5.74, 6) is 5.57. The second-order valence-corrected chi connectivity index (χ2v) is 6.23. The van der Waals surface area contributed by atoms with Crippen molar-refractivity contribution >= 4 is 18.0 Å². The number of hydrogen-bond donors (Lipinski definition) is 2. The molecule has 8 heteroatoms. The SMILES string of the molecule is CN(C=O)CC[C@@H](O)C#Cc1cccc(-c2nc(C(N)=O)cc3nccn23)c1. The van der Waals surface area contributed by atoms with Crippen LogP contribution in [-0.2, 0) is 4.79 Å². The van der Waals surface area contributed by atoms with E-state index in [1.807, 2.05) is 24.3 Å². The number of fused-ring (bicyclic) bond motifs is 1. The van der Waals surface area contributed by atoms with Gasteiger partial charge in [-0.2, -0.15) is 0 Å². The summed E-state index contributed by atoms with van der Waals surface area (Å²) in [5.41, 5.74) is 7.47. The molecule has 2 amide bonds. The number of primary amides is 1. The first-order valence-corrected chi connectivity index (χ1v) is 8.57. The maximum absolute atomic E-state index is 11.6. The molecule has 2 aromatic heterocycles. The van der Waals surface area contributed by atoms with Crippen molar-refractivity contribution in [3.63, 3.8) is 0 Å². The van der Waals surface area contributed by atoms with Crippen LogP contribution in [0.2, 0.25) is 0 Å². The van der Waals surface area contributed by atoms with Gasteiger partial charge in [-0.05, 0) is 12.1 Å². The summed E-state index contributed by atoms with van der Waals surface area (Å²) >= 11 is 0. The number of hydrogen-bond acceptors (Lipinski definition) is 5. The van der Waals surface area contributed by atoms with E-state index >= 15 is 0 Å². The lowest BCUT2D eigenvalue weighted by Gasteiger charge is -2.10. The van der Waals surface area contributed by atoms with Crippen LogP contribution in [0.3, 0.4) is 0 Å². The molecule has 0 saturated carbocycles. The molecule has 142 valence electrons. The predicted octanol–water partition coefficient (Wildman–Crippen LogP) is 0.686. The molecule has 0 aliphatic rings. The fraction of sp³-hybridized carbons (Fsp3) is 0.200. The number of imidazole rings is 1. The standard InChI is InChI=1S/C20H19N5O3/c1-24(13-26)9-7-16(27)6-5-14-3-2-4-15(11-14)20-23-17(19(21)28)12-18-22-8-10-25(18)20/h2-4,8,10-13,16,27H,7,9H2,1H3,(H2,21,28)/t16-/m0/s1. The molecule has 1 atom stereocenters. The van der Waals surface area contributed by atoms with Crippen LogP contribution in [0.1, 0.15) is 22.5 Å². The molecule has 2 heterocycles. The number of nitrogens with two attached hydrogens (primary N) is 1. The van der Waals surface area contributed by atoms with E-state index in [0.29, 0.717) is 36.4 Å². The van der Waals surface area contributed by atoms with Gasteiger partial charge in [0.05, 0.1) is 0 Å². The average Bonchev–Trinajstić information content (AvgIpc) is 3.18. The number of rotatable bonds is 6. The Labute approximate surface area is 161 Å².